The molecular formula is C25H29N3O. The van der Waals surface area contributed by atoms with Crippen LogP contribution >= 0.6 is 0 Å². The lowest BCUT2D eigenvalue weighted by Gasteiger charge is -2.22. The van der Waals surface area contributed by atoms with E-state index in [1.54, 1.807) is 4.68 Å². The third kappa shape index (κ3) is 4.26. The van der Waals surface area contributed by atoms with Gasteiger partial charge in [0.25, 0.3) is 5.91 Å². The second-order valence-electron chi connectivity index (χ2n) is 8.27. The molecule has 4 heteroatoms. The largest absolute Gasteiger partial charge is 0.348 e. The lowest BCUT2D eigenvalue weighted by atomic mass is 9.95. The highest BCUT2D eigenvalue weighted by Gasteiger charge is 2.22. The van der Waals surface area contributed by atoms with Crippen LogP contribution in [-0.4, -0.2) is 21.7 Å². The summed E-state index contributed by atoms with van der Waals surface area (Å²) < 4.78 is 1.78. The highest BCUT2D eigenvalue weighted by atomic mass is 16.2. The number of carbonyl (C=O) groups is 1. The minimum Gasteiger partial charge on any atom is -0.348 e. The Morgan fingerprint density at radius 1 is 0.931 bits per heavy atom. The van der Waals surface area contributed by atoms with Crippen LogP contribution in [0.2, 0.25) is 0 Å². The Bertz CT molecular complexity index is 1010. The molecule has 3 aromatic rings. The predicted octanol–water partition coefficient (Wildman–Crippen LogP) is 5.53. The molecule has 1 fully saturated rings. The van der Waals surface area contributed by atoms with Gasteiger partial charge in [0.2, 0.25) is 0 Å². The topological polar surface area (TPSA) is 46.9 Å². The Kier molecular flexibility index (Phi) is 5.52. The molecule has 1 aliphatic carbocycles. The Morgan fingerprint density at radius 2 is 1.66 bits per heavy atom. The fourth-order valence-electron chi connectivity index (χ4n) is 3.97. The summed E-state index contributed by atoms with van der Waals surface area (Å²) in [5, 5.41) is 8.06. The van der Waals surface area contributed by atoms with Crippen LogP contribution < -0.4 is 5.32 Å². The van der Waals surface area contributed by atoms with Crippen molar-refractivity contribution in [3.8, 4) is 16.9 Å². The van der Waals surface area contributed by atoms with Crippen molar-refractivity contribution < 1.29 is 4.79 Å². The van der Waals surface area contributed by atoms with Crippen molar-refractivity contribution in [3.05, 3.63) is 70.9 Å². The molecule has 4 rings (SSSR count). The molecule has 0 unspecified atom stereocenters. The average molecular weight is 388 g/mol. The van der Waals surface area contributed by atoms with Gasteiger partial charge in [-0.05, 0) is 69.0 Å². The Balaban J connectivity index is 1.72. The summed E-state index contributed by atoms with van der Waals surface area (Å²) >= 11 is 0. The van der Waals surface area contributed by atoms with E-state index in [-0.39, 0.29) is 11.9 Å². The van der Waals surface area contributed by atoms with E-state index in [0.717, 1.165) is 29.8 Å². The van der Waals surface area contributed by atoms with E-state index in [1.165, 1.54) is 36.0 Å². The quantitative estimate of drug-likeness (QED) is 0.640. The maximum Gasteiger partial charge on any atom is 0.270 e. The van der Waals surface area contributed by atoms with E-state index in [9.17, 15) is 4.79 Å². The molecule has 0 bridgehead atoms. The molecule has 0 saturated heterocycles. The van der Waals surface area contributed by atoms with Crippen molar-refractivity contribution in [2.24, 2.45) is 0 Å². The molecule has 1 aliphatic rings. The molecule has 1 amide bonds. The zero-order chi connectivity index (χ0) is 20.4. The van der Waals surface area contributed by atoms with E-state index < -0.39 is 0 Å². The molecule has 1 heterocycles. The summed E-state index contributed by atoms with van der Waals surface area (Å²) in [5.74, 6) is -0.0416. The molecule has 150 valence electrons. The van der Waals surface area contributed by atoms with E-state index in [4.69, 9.17) is 5.10 Å². The first-order valence-electron chi connectivity index (χ1n) is 10.6. The van der Waals surface area contributed by atoms with Crippen LogP contribution in [0.4, 0.5) is 0 Å². The maximum atomic E-state index is 13.2. The number of amides is 1. The number of carbonyl (C=O) groups excluding carboxylic acids is 1. The molecule has 0 spiro atoms. The average Bonchev–Trinajstić information content (AvgIpc) is 3.17. The highest BCUT2D eigenvalue weighted by Crippen LogP contribution is 2.25. The fraction of sp³-hybridized carbons (Fsp3) is 0.360. The third-order valence-electron chi connectivity index (χ3n) is 5.96. The van der Waals surface area contributed by atoms with E-state index >= 15 is 0 Å². The summed E-state index contributed by atoms with van der Waals surface area (Å²) in [5.41, 5.74) is 7.01. The minimum absolute atomic E-state index is 0.0416. The van der Waals surface area contributed by atoms with Crippen molar-refractivity contribution in [2.75, 3.05) is 0 Å². The van der Waals surface area contributed by atoms with Gasteiger partial charge < -0.3 is 5.32 Å². The number of benzene rings is 2. The van der Waals surface area contributed by atoms with Crippen LogP contribution in [0, 0.1) is 20.8 Å². The SMILES string of the molecule is Cc1ccc(-n2nc(-c3ccc(C)c(C)c3)cc2C(=O)NC2CCCCC2)cc1. The molecule has 0 radical (unpaired) electrons. The van der Waals surface area contributed by atoms with Crippen molar-refractivity contribution in [2.45, 2.75) is 58.9 Å². The number of nitrogens with zero attached hydrogens (tertiary/aromatic N) is 2. The molecule has 0 atom stereocenters. The number of aromatic nitrogens is 2. The van der Waals surface area contributed by atoms with Gasteiger partial charge >= 0.3 is 0 Å². The second kappa shape index (κ2) is 8.24. The van der Waals surface area contributed by atoms with Gasteiger partial charge in [0.15, 0.2) is 0 Å². The van der Waals surface area contributed by atoms with Gasteiger partial charge in [-0.3, -0.25) is 4.79 Å². The summed E-state index contributed by atoms with van der Waals surface area (Å²) in [7, 11) is 0. The first-order valence-corrected chi connectivity index (χ1v) is 10.6. The summed E-state index contributed by atoms with van der Waals surface area (Å²) in [4.78, 5) is 13.2. The molecule has 1 N–H and O–H groups in total. The molecule has 2 aromatic carbocycles. The first-order chi connectivity index (χ1) is 14.0. The molecule has 1 saturated carbocycles. The van der Waals surface area contributed by atoms with Crippen LogP contribution in [0.3, 0.4) is 0 Å². The Hall–Kier alpha value is -2.88. The highest BCUT2D eigenvalue weighted by molar-refractivity contribution is 5.94. The molecule has 1 aromatic heterocycles. The monoisotopic (exact) mass is 387 g/mol. The van der Waals surface area contributed by atoms with Crippen molar-refractivity contribution >= 4 is 5.91 Å². The number of rotatable bonds is 4. The smallest absolute Gasteiger partial charge is 0.270 e. The van der Waals surface area contributed by atoms with Gasteiger partial charge in [-0.25, -0.2) is 4.68 Å². The third-order valence-corrected chi connectivity index (χ3v) is 5.96. The van der Waals surface area contributed by atoms with Crippen molar-refractivity contribution in [1.82, 2.24) is 15.1 Å². The lowest BCUT2D eigenvalue weighted by molar-refractivity contribution is 0.0920. The van der Waals surface area contributed by atoms with Crippen LogP contribution in [0.5, 0.6) is 0 Å². The second-order valence-corrected chi connectivity index (χ2v) is 8.27. The minimum atomic E-state index is -0.0416. The van der Waals surface area contributed by atoms with Crippen LogP contribution in [-0.2, 0) is 0 Å². The molecular weight excluding hydrogens is 358 g/mol. The zero-order valence-corrected chi connectivity index (χ0v) is 17.5. The van der Waals surface area contributed by atoms with Crippen LogP contribution in [0.15, 0.2) is 48.5 Å². The van der Waals surface area contributed by atoms with Crippen LogP contribution in [0.25, 0.3) is 16.9 Å². The van der Waals surface area contributed by atoms with Gasteiger partial charge in [-0.15, -0.1) is 0 Å². The van der Waals surface area contributed by atoms with E-state index in [1.807, 2.05) is 18.2 Å². The predicted molar refractivity (Wildman–Crippen MR) is 118 cm³/mol. The Labute approximate surface area is 173 Å². The number of aryl methyl sites for hydroxylation is 3. The standard InChI is InChI=1S/C25H29N3O/c1-17-9-13-22(14-10-17)28-24(25(29)26-21-7-5-4-6-8-21)16-23(27-28)20-12-11-18(2)19(3)15-20/h9-16,21H,4-8H2,1-3H3,(H,26,29). The normalized spacial score (nSPS) is 14.7. The zero-order valence-electron chi connectivity index (χ0n) is 17.5. The van der Waals surface area contributed by atoms with Gasteiger partial charge in [0, 0.05) is 11.6 Å². The summed E-state index contributed by atoms with van der Waals surface area (Å²) in [6.45, 7) is 6.27. The number of nitrogens with one attached hydrogen (secondary N) is 1. The number of hydrogen-bond donors (Lipinski definition) is 1. The molecule has 0 aliphatic heterocycles. The Morgan fingerprint density at radius 3 is 2.34 bits per heavy atom. The first kappa shape index (κ1) is 19.4. The van der Waals surface area contributed by atoms with Gasteiger partial charge in [-0.1, -0.05) is 49.1 Å². The fourth-order valence-corrected chi connectivity index (χ4v) is 3.97. The van der Waals surface area contributed by atoms with E-state index in [0.29, 0.717) is 5.69 Å². The lowest BCUT2D eigenvalue weighted by Crippen LogP contribution is -2.37. The molecule has 4 nitrogen and oxygen atoms in total. The van der Waals surface area contributed by atoms with E-state index in [2.05, 4.69) is 56.4 Å². The summed E-state index contributed by atoms with van der Waals surface area (Å²) in [6.07, 6.45) is 5.78. The molecule has 29 heavy (non-hydrogen) atoms. The maximum absolute atomic E-state index is 13.2. The summed E-state index contributed by atoms with van der Waals surface area (Å²) in [6, 6.07) is 16.6. The van der Waals surface area contributed by atoms with Gasteiger partial charge in [0.05, 0.1) is 11.4 Å². The van der Waals surface area contributed by atoms with Crippen molar-refractivity contribution in [1.29, 1.82) is 0 Å². The number of hydrogen-bond acceptors (Lipinski definition) is 2. The van der Waals surface area contributed by atoms with Gasteiger partial charge in [-0.2, -0.15) is 5.10 Å². The van der Waals surface area contributed by atoms with Crippen LogP contribution in [0.1, 0.15) is 59.3 Å². The van der Waals surface area contributed by atoms with Crippen molar-refractivity contribution in [3.63, 3.8) is 0 Å². The van der Waals surface area contributed by atoms with Gasteiger partial charge in [0.1, 0.15) is 5.69 Å².